The Morgan fingerprint density at radius 3 is 2.71 bits per heavy atom. The summed E-state index contributed by atoms with van der Waals surface area (Å²) < 4.78 is 10.4. The molecule has 0 aliphatic carbocycles. The molecular weight excluding hydrogens is 202 g/mol. The van der Waals surface area contributed by atoms with Crippen LogP contribution in [0.4, 0.5) is 0 Å². The minimum Gasteiger partial charge on any atom is -0.450 e. The molecule has 0 bridgehead atoms. The summed E-state index contributed by atoms with van der Waals surface area (Å²) in [7, 11) is 0. The second kappa shape index (κ2) is 4.69. The van der Waals surface area contributed by atoms with Gasteiger partial charge in [-0.1, -0.05) is 20.8 Å². The van der Waals surface area contributed by atoms with E-state index in [1.807, 2.05) is 0 Å². The summed E-state index contributed by atoms with van der Waals surface area (Å²) >= 11 is 5.57. The third-order valence-corrected chi connectivity index (χ3v) is 2.02. The van der Waals surface area contributed by atoms with E-state index in [-0.39, 0.29) is 5.41 Å². The minimum absolute atomic E-state index is 0.266. The molecule has 3 nitrogen and oxygen atoms in total. The molecule has 1 aromatic heterocycles. The number of aromatic nitrogens is 1. The standard InChI is InChI=1S/C10H16ClNO2/c1-10(2,3)4-5-13-9-12-8(6-11)7-14-9/h7H,4-6H2,1-3H3. The molecule has 0 aliphatic heterocycles. The van der Waals surface area contributed by atoms with Crippen molar-refractivity contribution in [3.63, 3.8) is 0 Å². The number of halogens is 1. The van der Waals surface area contributed by atoms with E-state index in [0.717, 1.165) is 6.42 Å². The zero-order valence-electron chi connectivity index (χ0n) is 8.84. The summed E-state index contributed by atoms with van der Waals surface area (Å²) in [5.41, 5.74) is 0.972. The van der Waals surface area contributed by atoms with Crippen LogP contribution in [0, 0.1) is 5.41 Å². The van der Waals surface area contributed by atoms with Crippen molar-refractivity contribution in [2.75, 3.05) is 6.61 Å². The second-order valence-electron chi connectivity index (χ2n) is 4.40. The van der Waals surface area contributed by atoms with Gasteiger partial charge in [0, 0.05) is 0 Å². The highest BCUT2D eigenvalue weighted by Gasteiger charge is 2.11. The zero-order valence-corrected chi connectivity index (χ0v) is 9.60. The van der Waals surface area contributed by atoms with Crippen LogP contribution < -0.4 is 4.74 Å². The summed E-state index contributed by atoms with van der Waals surface area (Å²) in [6.45, 7) is 7.11. The molecule has 0 atom stereocenters. The van der Waals surface area contributed by atoms with Crippen LogP contribution in [-0.2, 0) is 5.88 Å². The van der Waals surface area contributed by atoms with E-state index in [2.05, 4.69) is 25.8 Å². The van der Waals surface area contributed by atoms with Gasteiger partial charge in [0.25, 0.3) is 0 Å². The van der Waals surface area contributed by atoms with Crippen molar-refractivity contribution in [3.8, 4) is 6.08 Å². The monoisotopic (exact) mass is 217 g/mol. The fourth-order valence-electron chi connectivity index (χ4n) is 0.861. The lowest BCUT2D eigenvalue weighted by molar-refractivity contribution is 0.191. The highest BCUT2D eigenvalue weighted by atomic mass is 35.5. The first-order valence-corrected chi connectivity index (χ1v) is 5.18. The number of nitrogens with zero attached hydrogens (tertiary/aromatic N) is 1. The Hall–Kier alpha value is -0.700. The van der Waals surface area contributed by atoms with Gasteiger partial charge in [0.05, 0.1) is 18.2 Å². The molecule has 0 radical (unpaired) electrons. The third-order valence-electron chi connectivity index (χ3n) is 1.75. The average molecular weight is 218 g/mol. The molecule has 0 aromatic carbocycles. The maximum Gasteiger partial charge on any atom is 0.393 e. The molecule has 0 N–H and O–H groups in total. The molecule has 14 heavy (non-hydrogen) atoms. The van der Waals surface area contributed by atoms with Crippen molar-refractivity contribution in [3.05, 3.63) is 12.0 Å². The first kappa shape index (κ1) is 11.4. The molecule has 0 amide bonds. The largest absolute Gasteiger partial charge is 0.450 e. The number of alkyl halides is 1. The Kier molecular flexibility index (Phi) is 3.81. The predicted molar refractivity (Wildman–Crippen MR) is 55.6 cm³/mol. The summed E-state index contributed by atoms with van der Waals surface area (Å²) in [6, 6.07) is 0. The number of oxazole rings is 1. The number of rotatable bonds is 4. The van der Waals surface area contributed by atoms with Gasteiger partial charge >= 0.3 is 6.08 Å². The smallest absolute Gasteiger partial charge is 0.393 e. The van der Waals surface area contributed by atoms with Gasteiger partial charge in [-0.3, -0.25) is 0 Å². The molecule has 0 unspecified atom stereocenters. The Morgan fingerprint density at radius 2 is 2.21 bits per heavy atom. The van der Waals surface area contributed by atoms with Gasteiger partial charge in [0.1, 0.15) is 6.26 Å². The van der Waals surface area contributed by atoms with Gasteiger partial charge in [-0.05, 0) is 11.8 Å². The van der Waals surface area contributed by atoms with Crippen molar-refractivity contribution < 1.29 is 9.15 Å². The van der Waals surface area contributed by atoms with Crippen LogP contribution in [0.3, 0.4) is 0 Å². The predicted octanol–water partition coefficient (Wildman–Crippen LogP) is 3.23. The van der Waals surface area contributed by atoms with Crippen LogP contribution in [0.15, 0.2) is 10.7 Å². The van der Waals surface area contributed by atoms with Gasteiger partial charge in [0.15, 0.2) is 0 Å². The quantitative estimate of drug-likeness (QED) is 0.727. The summed E-state index contributed by atoms with van der Waals surface area (Å²) in [5.74, 6) is 0.353. The van der Waals surface area contributed by atoms with Crippen molar-refractivity contribution in [1.82, 2.24) is 4.98 Å². The molecule has 80 valence electrons. The first-order valence-electron chi connectivity index (χ1n) is 4.64. The lowest BCUT2D eigenvalue weighted by Crippen LogP contribution is -2.11. The van der Waals surface area contributed by atoms with Crippen LogP contribution >= 0.6 is 11.6 Å². The molecule has 0 saturated heterocycles. The molecule has 0 saturated carbocycles. The van der Waals surface area contributed by atoms with E-state index in [4.69, 9.17) is 20.8 Å². The van der Waals surface area contributed by atoms with Gasteiger partial charge in [0.2, 0.25) is 0 Å². The van der Waals surface area contributed by atoms with Gasteiger partial charge < -0.3 is 9.15 Å². The van der Waals surface area contributed by atoms with Crippen LogP contribution in [0.2, 0.25) is 0 Å². The Labute approximate surface area is 89.4 Å². The molecule has 0 aliphatic rings. The molecular formula is C10H16ClNO2. The van der Waals surface area contributed by atoms with Crippen molar-refractivity contribution in [2.45, 2.75) is 33.1 Å². The van der Waals surface area contributed by atoms with Crippen LogP contribution in [-0.4, -0.2) is 11.6 Å². The van der Waals surface area contributed by atoms with Gasteiger partial charge in [-0.15, -0.1) is 11.6 Å². The van der Waals surface area contributed by atoms with Crippen molar-refractivity contribution >= 4 is 11.6 Å². The molecule has 1 aromatic rings. The molecule has 1 rings (SSSR count). The minimum atomic E-state index is 0.266. The normalized spacial score (nSPS) is 11.7. The lowest BCUT2D eigenvalue weighted by Gasteiger charge is -2.16. The highest BCUT2D eigenvalue weighted by molar-refractivity contribution is 6.16. The van der Waals surface area contributed by atoms with E-state index in [1.165, 1.54) is 6.26 Å². The fraction of sp³-hybridized carbons (Fsp3) is 0.700. The van der Waals surface area contributed by atoms with Crippen LogP contribution in [0.1, 0.15) is 32.9 Å². The first-order chi connectivity index (χ1) is 6.51. The van der Waals surface area contributed by atoms with Crippen molar-refractivity contribution in [2.24, 2.45) is 5.41 Å². The van der Waals surface area contributed by atoms with Crippen LogP contribution in [0.5, 0.6) is 6.08 Å². The van der Waals surface area contributed by atoms with Gasteiger partial charge in [-0.25, -0.2) is 0 Å². The van der Waals surface area contributed by atoms with E-state index in [0.29, 0.717) is 24.3 Å². The molecule has 4 heteroatoms. The summed E-state index contributed by atoms with van der Waals surface area (Å²) in [5, 5.41) is 0. The fourth-order valence-corrected chi connectivity index (χ4v) is 0.983. The average Bonchev–Trinajstić information content (AvgIpc) is 2.50. The lowest BCUT2D eigenvalue weighted by atomic mass is 9.93. The molecule has 0 spiro atoms. The molecule has 1 heterocycles. The van der Waals surface area contributed by atoms with Crippen molar-refractivity contribution in [1.29, 1.82) is 0 Å². The maximum atomic E-state index is 5.57. The number of hydrogen-bond acceptors (Lipinski definition) is 3. The van der Waals surface area contributed by atoms with Gasteiger partial charge in [-0.2, -0.15) is 4.98 Å². The van der Waals surface area contributed by atoms with E-state index < -0.39 is 0 Å². The Balaban J connectivity index is 2.31. The topological polar surface area (TPSA) is 35.3 Å². The highest BCUT2D eigenvalue weighted by Crippen LogP contribution is 2.19. The van der Waals surface area contributed by atoms with Crippen LogP contribution in [0.25, 0.3) is 0 Å². The molecule has 0 fully saturated rings. The summed E-state index contributed by atoms with van der Waals surface area (Å²) in [6.07, 6.45) is 2.79. The number of ether oxygens (including phenoxy) is 1. The second-order valence-corrected chi connectivity index (χ2v) is 4.66. The van der Waals surface area contributed by atoms with E-state index in [1.54, 1.807) is 0 Å². The zero-order chi connectivity index (χ0) is 10.6. The maximum absolute atomic E-state index is 5.57. The Morgan fingerprint density at radius 1 is 1.50 bits per heavy atom. The SMILES string of the molecule is CC(C)(C)CCOc1nc(CCl)co1. The number of hydrogen-bond donors (Lipinski definition) is 0. The third kappa shape index (κ3) is 4.01. The summed E-state index contributed by atoms with van der Waals surface area (Å²) in [4.78, 5) is 4.03. The van der Waals surface area contributed by atoms with E-state index >= 15 is 0 Å². The Bertz CT molecular complexity index is 278. The van der Waals surface area contributed by atoms with E-state index in [9.17, 15) is 0 Å².